The van der Waals surface area contributed by atoms with Crippen LogP contribution in [0.5, 0.6) is 0 Å². The summed E-state index contributed by atoms with van der Waals surface area (Å²) in [4.78, 5) is 2.70. The molecule has 1 aromatic carbocycles. The molecule has 0 atom stereocenters. The molecule has 104 valence electrons. The van der Waals surface area contributed by atoms with Gasteiger partial charge in [0.15, 0.2) is 0 Å². The van der Waals surface area contributed by atoms with Gasteiger partial charge in [0, 0.05) is 19.3 Å². The first-order valence-corrected chi connectivity index (χ1v) is 7.19. The molecule has 0 unspecified atom stereocenters. The summed E-state index contributed by atoms with van der Waals surface area (Å²) in [6, 6.07) is 8.50. The second kappa shape index (κ2) is 4.90. The van der Waals surface area contributed by atoms with E-state index in [9.17, 15) is 0 Å². The minimum Gasteiger partial charge on any atom is -0.389 e. The van der Waals surface area contributed by atoms with Crippen molar-refractivity contribution in [3.63, 3.8) is 0 Å². The molecule has 1 aliphatic rings. The van der Waals surface area contributed by atoms with Crippen molar-refractivity contribution in [3.8, 4) is 0 Å². The van der Waals surface area contributed by atoms with Crippen LogP contribution in [0.2, 0.25) is 0 Å². The number of benzene rings is 1. The van der Waals surface area contributed by atoms with Gasteiger partial charge < -0.3 is 10.6 Å². The highest BCUT2D eigenvalue weighted by molar-refractivity contribution is 7.80. The molecule has 0 fully saturated rings. The lowest BCUT2D eigenvalue weighted by Gasteiger charge is -2.31. The Kier molecular flexibility index (Phi) is 3.22. The molecule has 0 bridgehead atoms. The molecule has 3 rings (SSSR count). The minimum absolute atomic E-state index is 0.411. The summed E-state index contributed by atoms with van der Waals surface area (Å²) in [5.41, 5.74) is 10.3. The van der Waals surface area contributed by atoms with E-state index in [1.807, 2.05) is 18.7 Å². The predicted octanol–water partition coefficient (Wildman–Crippen LogP) is 2.45. The first-order valence-electron chi connectivity index (χ1n) is 6.78. The smallest absolute Gasteiger partial charge is 0.141 e. The second-order valence-electron chi connectivity index (χ2n) is 5.16. The molecule has 0 amide bonds. The number of fused-ring (bicyclic) bond motifs is 1. The van der Waals surface area contributed by atoms with E-state index in [1.54, 1.807) is 0 Å². The average Bonchev–Trinajstić information content (AvgIpc) is 2.73. The lowest BCUT2D eigenvalue weighted by molar-refractivity contribution is 0.703. The van der Waals surface area contributed by atoms with Crippen LogP contribution in [0.25, 0.3) is 0 Å². The van der Waals surface area contributed by atoms with Crippen molar-refractivity contribution in [2.24, 2.45) is 12.8 Å². The van der Waals surface area contributed by atoms with Gasteiger partial charge in [-0.2, -0.15) is 5.10 Å². The number of aryl methyl sites for hydroxylation is 3. The molecule has 1 aromatic heterocycles. The highest BCUT2D eigenvalue weighted by Crippen LogP contribution is 2.35. The summed E-state index contributed by atoms with van der Waals surface area (Å²) < 4.78 is 1.88. The fraction of sp³-hybridized carbons (Fsp3) is 0.333. The van der Waals surface area contributed by atoms with Gasteiger partial charge in [-0.15, -0.1) is 0 Å². The Bertz CT molecular complexity index is 675. The van der Waals surface area contributed by atoms with E-state index in [-0.39, 0.29) is 0 Å². The highest BCUT2D eigenvalue weighted by atomic mass is 32.1. The van der Waals surface area contributed by atoms with E-state index >= 15 is 0 Å². The van der Waals surface area contributed by atoms with E-state index in [2.05, 4.69) is 34.3 Å². The monoisotopic (exact) mass is 286 g/mol. The number of anilines is 2. The molecular weight excluding hydrogens is 268 g/mol. The topological polar surface area (TPSA) is 47.1 Å². The number of para-hydroxylation sites is 1. The first kappa shape index (κ1) is 13.1. The van der Waals surface area contributed by atoms with Crippen molar-refractivity contribution < 1.29 is 0 Å². The number of thiocarbonyl (C=S) groups is 1. The van der Waals surface area contributed by atoms with Crippen LogP contribution in [-0.2, 0) is 13.5 Å². The molecule has 0 saturated heterocycles. The van der Waals surface area contributed by atoms with Gasteiger partial charge >= 0.3 is 0 Å². The third-order valence-electron chi connectivity index (χ3n) is 3.80. The van der Waals surface area contributed by atoms with Crippen LogP contribution in [0, 0.1) is 6.92 Å². The summed E-state index contributed by atoms with van der Waals surface area (Å²) >= 11 is 5.22. The third kappa shape index (κ3) is 1.98. The lowest BCUT2D eigenvalue weighted by Crippen LogP contribution is -2.28. The zero-order chi connectivity index (χ0) is 14.3. The fourth-order valence-electron chi connectivity index (χ4n) is 3.00. The van der Waals surface area contributed by atoms with Gasteiger partial charge in [-0.1, -0.05) is 30.4 Å². The van der Waals surface area contributed by atoms with E-state index in [1.165, 1.54) is 11.3 Å². The van der Waals surface area contributed by atoms with Crippen molar-refractivity contribution in [2.45, 2.75) is 19.8 Å². The Balaban J connectivity index is 2.18. The van der Waals surface area contributed by atoms with Gasteiger partial charge in [-0.05, 0) is 31.4 Å². The van der Waals surface area contributed by atoms with Crippen molar-refractivity contribution in [1.82, 2.24) is 9.78 Å². The van der Waals surface area contributed by atoms with Crippen molar-refractivity contribution in [1.29, 1.82) is 0 Å². The maximum absolute atomic E-state index is 5.91. The Morgan fingerprint density at radius 2 is 2.10 bits per heavy atom. The van der Waals surface area contributed by atoms with E-state index in [0.717, 1.165) is 36.5 Å². The number of aromatic nitrogens is 2. The number of hydrogen-bond donors (Lipinski definition) is 1. The summed E-state index contributed by atoms with van der Waals surface area (Å²) in [5.74, 6) is 1.00. The van der Waals surface area contributed by atoms with E-state index < -0.39 is 0 Å². The standard InChI is InChI=1S/C15H18N4S/c1-10-13(14(16)20)15(18(2)17-10)19-9-5-7-11-6-3-4-8-12(11)19/h3-4,6,8H,5,7,9H2,1-2H3,(H2,16,20). The molecule has 1 aliphatic heterocycles. The number of hydrogen-bond acceptors (Lipinski definition) is 3. The van der Waals surface area contributed by atoms with Crippen molar-refractivity contribution in [2.75, 3.05) is 11.4 Å². The summed E-state index contributed by atoms with van der Waals surface area (Å²) in [7, 11) is 1.95. The Morgan fingerprint density at radius 1 is 1.35 bits per heavy atom. The Morgan fingerprint density at radius 3 is 2.85 bits per heavy atom. The molecule has 0 saturated carbocycles. The van der Waals surface area contributed by atoms with E-state index in [0.29, 0.717) is 4.99 Å². The molecular formula is C15H18N4S. The zero-order valence-corrected chi connectivity index (χ0v) is 12.6. The van der Waals surface area contributed by atoms with Crippen LogP contribution in [0.1, 0.15) is 23.2 Å². The molecule has 2 aromatic rings. The Hall–Kier alpha value is -1.88. The largest absolute Gasteiger partial charge is 0.389 e. The average molecular weight is 286 g/mol. The Labute approximate surface area is 124 Å². The van der Waals surface area contributed by atoms with Gasteiger partial charge in [0.2, 0.25) is 0 Å². The van der Waals surface area contributed by atoms with Crippen LogP contribution in [0.3, 0.4) is 0 Å². The van der Waals surface area contributed by atoms with Crippen LogP contribution < -0.4 is 10.6 Å². The number of nitrogens with zero attached hydrogens (tertiary/aromatic N) is 3. The van der Waals surface area contributed by atoms with Crippen LogP contribution in [-0.4, -0.2) is 21.3 Å². The van der Waals surface area contributed by atoms with Gasteiger partial charge in [0.05, 0.1) is 11.3 Å². The number of rotatable bonds is 2. The highest BCUT2D eigenvalue weighted by Gasteiger charge is 2.25. The predicted molar refractivity (Wildman–Crippen MR) is 85.6 cm³/mol. The summed E-state index contributed by atoms with van der Waals surface area (Å²) in [6.45, 7) is 2.92. The fourth-order valence-corrected chi connectivity index (χ4v) is 3.24. The molecule has 5 heteroatoms. The van der Waals surface area contributed by atoms with Crippen LogP contribution in [0.4, 0.5) is 11.5 Å². The molecule has 0 spiro atoms. The molecule has 0 radical (unpaired) electrons. The molecule has 2 N–H and O–H groups in total. The maximum atomic E-state index is 5.91. The lowest BCUT2D eigenvalue weighted by atomic mass is 10.0. The molecule has 20 heavy (non-hydrogen) atoms. The normalized spacial score (nSPS) is 14.2. The van der Waals surface area contributed by atoms with Gasteiger partial charge in [0.1, 0.15) is 10.8 Å². The van der Waals surface area contributed by atoms with Crippen LogP contribution in [0.15, 0.2) is 24.3 Å². The van der Waals surface area contributed by atoms with Crippen LogP contribution >= 0.6 is 12.2 Å². The van der Waals surface area contributed by atoms with Gasteiger partial charge in [-0.3, -0.25) is 4.68 Å². The molecule has 4 nitrogen and oxygen atoms in total. The third-order valence-corrected chi connectivity index (χ3v) is 4.01. The maximum Gasteiger partial charge on any atom is 0.141 e. The van der Waals surface area contributed by atoms with Gasteiger partial charge in [0.25, 0.3) is 0 Å². The molecule has 2 heterocycles. The van der Waals surface area contributed by atoms with E-state index in [4.69, 9.17) is 18.0 Å². The van der Waals surface area contributed by atoms with Crippen molar-refractivity contribution >= 4 is 28.7 Å². The quantitative estimate of drug-likeness (QED) is 0.862. The second-order valence-corrected chi connectivity index (χ2v) is 5.60. The summed E-state index contributed by atoms with van der Waals surface area (Å²) in [6.07, 6.45) is 2.24. The number of nitrogens with two attached hydrogens (primary N) is 1. The SMILES string of the molecule is Cc1nn(C)c(N2CCCc3ccccc32)c1C(N)=S. The first-order chi connectivity index (χ1) is 9.59. The summed E-state index contributed by atoms with van der Waals surface area (Å²) in [5, 5.41) is 4.49. The molecule has 0 aliphatic carbocycles. The zero-order valence-electron chi connectivity index (χ0n) is 11.8. The van der Waals surface area contributed by atoms with Gasteiger partial charge in [-0.25, -0.2) is 0 Å². The minimum atomic E-state index is 0.411. The van der Waals surface area contributed by atoms with Crippen molar-refractivity contribution in [3.05, 3.63) is 41.1 Å².